The first kappa shape index (κ1) is 9.02. The van der Waals surface area contributed by atoms with Gasteiger partial charge in [0.25, 0.3) is 0 Å². The van der Waals surface area contributed by atoms with Gasteiger partial charge in [0.1, 0.15) is 11.8 Å². The highest BCUT2D eigenvalue weighted by molar-refractivity contribution is 5.76. The maximum atomic E-state index is 10.6. The Morgan fingerprint density at radius 1 is 1.71 bits per heavy atom. The molecule has 1 atom stereocenters. The van der Waals surface area contributed by atoms with Crippen molar-refractivity contribution in [2.24, 2.45) is 0 Å². The van der Waals surface area contributed by atoms with Crippen molar-refractivity contribution in [2.45, 2.75) is 12.5 Å². The van der Waals surface area contributed by atoms with E-state index in [2.05, 4.69) is 5.32 Å². The molecule has 0 aromatic carbocycles. The zero-order chi connectivity index (χ0) is 9.97. The molecule has 4 heteroatoms. The van der Waals surface area contributed by atoms with Crippen LogP contribution in [-0.2, 0) is 11.2 Å². The van der Waals surface area contributed by atoms with Crippen LogP contribution in [0, 0.1) is 0 Å². The molecule has 0 fully saturated rings. The van der Waals surface area contributed by atoms with Crippen LogP contribution in [0.25, 0.3) is 0 Å². The molecular formula is C10H11NO3. The summed E-state index contributed by atoms with van der Waals surface area (Å²) in [5, 5.41) is 11.6. The van der Waals surface area contributed by atoms with Crippen molar-refractivity contribution in [3.05, 3.63) is 35.8 Å². The quantitative estimate of drug-likeness (QED) is 0.697. The summed E-state index contributed by atoms with van der Waals surface area (Å²) in [5.41, 5.74) is 1.06. The van der Waals surface area contributed by atoms with Crippen molar-refractivity contribution in [3.8, 4) is 0 Å². The van der Waals surface area contributed by atoms with Crippen LogP contribution in [0.1, 0.15) is 5.76 Å². The van der Waals surface area contributed by atoms with Crippen LogP contribution in [0.3, 0.4) is 0 Å². The number of carboxylic acid groups (broad SMARTS) is 1. The Morgan fingerprint density at radius 3 is 3.14 bits per heavy atom. The number of carboxylic acids is 1. The van der Waals surface area contributed by atoms with Gasteiger partial charge >= 0.3 is 5.97 Å². The third-order valence-corrected chi connectivity index (χ3v) is 2.20. The van der Waals surface area contributed by atoms with Crippen LogP contribution < -0.4 is 5.32 Å². The van der Waals surface area contributed by atoms with Crippen LogP contribution in [0.2, 0.25) is 0 Å². The van der Waals surface area contributed by atoms with Crippen LogP contribution in [0.15, 0.2) is 34.5 Å². The summed E-state index contributed by atoms with van der Waals surface area (Å²) in [5.74, 6) is 0.0310. The van der Waals surface area contributed by atoms with Gasteiger partial charge in [-0.05, 0) is 12.1 Å². The average Bonchev–Trinajstić information content (AvgIpc) is 2.75. The lowest BCUT2D eigenvalue weighted by atomic mass is 10.1. The molecule has 2 heterocycles. The monoisotopic (exact) mass is 193 g/mol. The molecule has 0 spiro atoms. The Morgan fingerprint density at radius 2 is 2.57 bits per heavy atom. The molecule has 2 rings (SSSR count). The second kappa shape index (κ2) is 3.67. The Hall–Kier alpha value is -1.55. The van der Waals surface area contributed by atoms with E-state index in [1.807, 2.05) is 12.1 Å². The van der Waals surface area contributed by atoms with Gasteiger partial charge in [-0.15, -0.1) is 0 Å². The van der Waals surface area contributed by atoms with Gasteiger partial charge in [0.05, 0.1) is 6.26 Å². The zero-order valence-electron chi connectivity index (χ0n) is 7.56. The smallest absolute Gasteiger partial charge is 0.324 e. The standard InChI is InChI=1S/C10H11NO3/c12-10(13)9-5-7(6-11-9)4-8-2-1-3-14-8/h1-3,5,9,11H,4,6H2,(H,12,13)/t9-/m0/s1. The molecule has 4 nitrogen and oxygen atoms in total. The first-order valence-corrected chi connectivity index (χ1v) is 4.44. The second-order valence-electron chi connectivity index (χ2n) is 3.28. The van der Waals surface area contributed by atoms with Crippen molar-refractivity contribution < 1.29 is 14.3 Å². The number of carbonyl (C=O) groups is 1. The Bertz CT molecular complexity index is 353. The van der Waals surface area contributed by atoms with Crippen molar-refractivity contribution >= 4 is 5.97 Å². The number of nitrogens with one attached hydrogen (secondary N) is 1. The molecule has 1 aromatic rings. The van der Waals surface area contributed by atoms with E-state index in [0.717, 1.165) is 11.3 Å². The number of furan rings is 1. The molecule has 2 N–H and O–H groups in total. The fourth-order valence-electron chi connectivity index (χ4n) is 1.51. The minimum absolute atomic E-state index is 0.542. The molecule has 1 aromatic heterocycles. The minimum atomic E-state index is -0.834. The van der Waals surface area contributed by atoms with E-state index in [9.17, 15) is 4.79 Å². The summed E-state index contributed by atoms with van der Waals surface area (Å²) in [6, 6.07) is 3.17. The molecule has 0 radical (unpaired) electrons. The van der Waals surface area contributed by atoms with Crippen molar-refractivity contribution in [1.82, 2.24) is 5.32 Å². The van der Waals surface area contributed by atoms with Gasteiger partial charge < -0.3 is 9.52 Å². The molecule has 0 amide bonds. The fourth-order valence-corrected chi connectivity index (χ4v) is 1.51. The van der Waals surface area contributed by atoms with E-state index in [0.29, 0.717) is 13.0 Å². The number of rotatable bonds is 3. The average molecular weight is 193 g/mol. The second-order valence-corrected chi connectivity index (χ2v) is 3.28. The highest BCUT2D eigenvalue weighted by Crippen LogP contribution is 2.13. The molecule has 0 bridgehead atoms. The van der Waals surface area contributed by atoms with E-state index >= 15 is 0 Å². The predicted molar refractivity (Wildman–Crippen MR) is 49.9 cm³/mol. The van der Waals surface area contributed by atoms with Gasteiger partial charge in [-0.25, -0.2) is 0 Å². The van der Waals surface area contributed by atoms with E-state index in [4.69, 9.17) is 9.52 Å². The molecule has 0 saturated heterocycles. The topological polar surface area (TPSA) is 62.5 Å². The van der Waals surface area contributed by atoms with E-state index in [1.165, 1.54) is 0 Å². The van der Waals surface area contributed by atoms with Gasteiger partial charge in [0.15, 0.2) is 0 Å². The molecule has 1 aliphatic heterocycles. The van der Waals surface area contributed by atoms with E-state index in [-0.39, 0.29) is 0 Å². The largest absolute Gasteiger partial charge is 0.480 e. The Kier molecular flexibility index (Phi) is 2.37. The third kappa shape index (κ3) is 1.85. The van der Waals surface area contributed by atoms with Crippen LogP contribution in [0.4, 0.5) is 0 Å². The molecular weight excluding hydrogens is 182 g/mol. The molecule has 74 valence electrons. The lowest BCUT2D eigenvalue weighted by Crippen LogP contribution is -2.30. The van der Waals surface area contributed by atoms with Crippen molar-refractivity contribution in [1.29, 1.82) is 0 Å². The highest BCUT2D eigenvalue weighted by atomic mass is 16.4. The predicted octanol–water partition coefficient (Wildman–Crippen LogP) is 0.805. The Balaban J connectivity index is 2.01. The summed E-state index contributed by atoms with van der Waals surface area (Å²) in [7, 11) is 0. The lowest BCUT2D eigenvalue weighted by Gasteiger charge is -1.99. The highest BCUT2D eigenvalue weighted by Gasteiger charge is 2.21. The van der Waals surface area contributed by atoms with Gasteiger partial charge in [-0.3, -0.25) is 10.1 Å². The van der Waals surface area contributed by atoms with Gasteiger partial charge in [-0.1, -0.05) is 11.6 Å². The molecule has 0 saturated carbocycles. The summed E-state index contributed by atoms with van der Waals surface area (Å²) in [6.07, 6.45) is 4.04. The third-order valence-electron chi connectivity index (χ3n) is 2.20. The summed E-state index contributed by atoms with van der Waals surface area (Å²) in [6.45, 7) is 0.623. The molecule has 14 heavy (non-hydrogen) atoms. The zero-order valence-corrected chi connectivity index (χ0v) is 7.56. The molecule has 0 aliphatic carbocycles. The van der Waals surface area contributed by atoms with E-state index < -0.39 is 12.0 Å². The number of aliphatic carboxylic acids is 1. The summed E-state index contributed by atoms with van der Waals surface area (Å²) in [4.78, 5) is 10.6. The molecule has 0 unspecified atom stereocenters. The minimum Gasteiger partial charge on any atom is -0.480 e. The lowest BCUT2D eigenvalue weighted by molar-refractivity contribution is -0.137. The van der Waals surface area contributed by atoms with Gasteiger partial charge in [0, 0.05) is 13.0 Å². The SMILES string of the molecule is O=C(O)[C@@H]1C=C(Cc2ccco2)CN1. The summed E-state index contributed by atoms with van der Waals surface area (Å²) >= 11 is 0. The first-order valence-electron chi connectivity index (χ1n) is 4.44. The maximum Gasteiger partial charge on any atom is 0.324 e. The van der Waals surface area contributed by atoms with Crippen molar-refractivity contribution in [3.63, 3.8) is 0 Å². The van der Waals surface area contributed by atoms with Gasteiger partial charge in [0.2, 0.25) is 0 Å². The maximum absolute atomic E-state index is 10.6. The van der Waals surface area contributed by atoms with Crippen molar-refractivity contribution in [2.75, 3.05) is 6.54 Å². The van der Waals surface area contributed by atoms with Gasteiger partial charge in [-0.2, -0.15) is 0 Å². The van der Waals surface area contributed by atoms with Crippen LogP contribution in [-0.4, -0.2) is 23.7 Å². The first-order chi connectivity index (χ1) is 6.75. The molecule has 1 aliphatic rings. The van der Waals surface area contributed by atoms with Crippen LogP contribution >= 0.6 is 0 Å². The van der Waals surface area contributed by atoms with Crippen LogP contribution in [0.5, 0.6) is 0 Å². The Labute approximate surface area is 81.2 Å². The van der Waals surface area contributed by atoms with E-state index in [1.54, 1.807) is 12.3 Å². The number of hydrogen-bond acceptors (Lipinski definition) is 3. The number of hydrogen-bond donors (Lipinski definition) is 2. The fraction of sp³-hybridized carbons (Fsp3) is 0.300. The normalized spacial score (nSPS) is 20.9. The summed E-state index contributed by atoms with van der Waals surface area (Å²) < 4.78 is 5.18.